The lowest BCUT2D eigenvalue weighted by Gasteiger charge is -2.05. The van der Waals surface area contributed by atoms with E-state index in [0.717, 1.165) is 0 Å². The maximum Gasteiger partial charge on any atom is 0.153 e. The van der Waals surface area contributed by atoms with Crippen LogP contribution in [-0.2, 0) is 0 Å². The maximum absolute atomic E-state index is 3.65. The van der Waals surface area contributed by atoms with Gasteiger partial charge in [-0.1, -0.05) is 29.8 Å². The standard InChI is InChI=1S/C9H17BrN.BrH/c1-8(2)9(10)7-11-5-3-4-6-11;/h7-9H,3-6H2,1-2H3;1H/q+1;/p-1. The third kappa shape index (κ3) is 4.04. The van der Waals surface area contributed by atoms with Crippen LogP contribution in [0.2, 0.25) is 0 Å². The van der Waals surface area contributed by atoms with Crippen molar-refractivity contribution in [1.29, 1.82) is 0 Å². The van der Waals surface area contributed by atoms with Crippen molar-refractivity contribution in [3.63, 3.8) is 0 Å². The molecule has 1 atom stereocenters. The largest absolute Gasteiger partial charge is 1.00 e. The van der Waals surface area contributed by atoms with E-state index in [-0.39, 0.29) is 17.0 Å². The zero-order valence-corrected chi connectivity index (χ0v) is 10.9. The zero-order valence-electron chi connectivity index (χ0n) is 7.76. The summed E-state index contributed by atoms with van der Waals surface area (Å²) in [5.74, 6) is 0.704. The van der Waals surface area contributed by atoms with Crippen LogP contribution < -0.4 is 17.0 Å². The molecular weight excluding hydrogens is 282 g/mol. The van der Waals surface area contributed by atoms with Crippen LogP contribution >= 0.6 is 15.9 Å². The number of halogens is 2. The molecule has 0 aromatic carbocycles. The molecule has 1 unspecified atom stereocenters. The lowest BCUT2D eigenvalue weighted by Crippen LogP contribution is -3.00. The van der Waals surface area contributed by atoms with Gasteiger partial charge in [0.2, 0.25) is 0 Å². The van der Waals surface area contributed by atoms with Crippen molar-refractivity contribution in [2.45, 2.75) is 31.5 Å². The predicted molar refractivity (Wildman–Crippen MR) is 52.8 cm³/mol. The fourth-order valence-corrected chi connectivity index (χ4v) is 1.60. The Bertz CT molecular complexity index is 147. The SMILES string of the molecule is CC(C)C(Br)C=[N+]1CCCC1.[Br-]. The molecule has 72 valence electrons. The molecule has 1 saturated heterocycles. The van der Waals surface area contributed by atoms with Crippen LogP contribution in [0, 0.1) is 5.92 Å². The Labute approximate surface area is 94.1 Å². The van der Waals surface area contributed by atoms with E-state index in [1.54, 1.807) is 0 Å². The van der Waals surface area contributed by atoms with Crippen molar-refractivity contribution in [3.05, 3.63) is 0 Å². The molecule has 0 spiro atoms. The van der Waals surface area contributed by atoms with Crippen LogP contribution in [0.1, 0.15) is 26.7 Å². The van der Waals surface area contributed by atoms with E-state index < -0.39 is 0 Å². The summed E-state index contributed by atoms with van der Waals surface area (Å²) < 4.78 is 2.43. The summed E-state index contributed by atoms with van der Waals surface area (Å²) in [4.78, 5) is 0.556. The topological polar surface area (TPSA) is 3.01 Å². The Morgan fingerprint density at radius 3 is 2.17 bits per heavy atom. The Morgan fingerprint density at radius 2 is 1.75 bits per heavy atom. The number of hydrogen-bond acceptors (Lipinski definition) is 0. The van der Waals surface area contributed by atoms with E-state index >= 15 is 0 Å². The molecule has 1 aliphatic rings. The minimum absolute atomic E-state index is 0. The van der Waals surface area contributed by atoms with Gasteiger partial charge in [-0.2, -0.15) is 0 Å². The van der Waals surface area contributed by atoms with Gasteiger partial charge < -0.3 is 17.0 Å². The second kappa shape index (κ2) is 6.14. The third-order valence-corrected chi connectivity index (χ3v) is 3.42. The zero-order chi connectivity index (χ0) is 8.27. The van der Waals surface area contributed by atoms with Crippen LogP contribution in [0.5, 0.6) is 0 Å². The first-order valence-electron chi connectivity index (χ1n) is 4.43. The monoisotopic (exact) mass is 297 g/mol. The second-order valence-electron chi connectivity index (χ2n) is 3.58. The van der Waals surface area contributed by atoms with Gasteiger partial charge in [-0.15, -0.1) is 0 Å². The van der Waals surface area contributed by atoms with Crippen molar-refractivity contribution >= 4 is 22.1 Å². The Morgan fingerprint density at radius 1 is 1.25 bits per heavy atom. The minimum atomic E-state index is 0. The summed E-state index contributed by atoms with van der Waals surface area (Å²) in [6.07, 6.45) is 5.07. The Hall–Kier alpha value is 0.630. The highest BCUT2D eigenvalue weighted by Gasteiger charge is 2.16. The molecular formula is C9H17Br2N. The van der Waals surface area contributed by atoms with E-state index in [4.69, 9.17) is 0 Å². The van der Waals surface area contributed by atoms with Gasteiger partial charge in [0.1, 0.15) is 13.1 Å². The fraction of sp³-hybridized carbons (Fsp3) is 0.889. The first kappa shape index (κ1) is 12.6. The third-order valence-electron chi connectivity index (χ3n) is 2.13. The molecule has 12 heavy (non-hydrogen) atoms. The molecule has 0 N–H and O–H groups in total. The summed E-state index contributed by atoms with van der Waals surface area (Å²) >= 11 is 3.65. The minimum Gasteiger partial charge on any atom is -1.00 e. The van der Waals surface area contributed by atoms with Gasteiger partial charge in [-0.05, 0) is 5.92 Å². The van der Waals surface area contributed by atoms with E-state index in [2.05, 4.69) is 40.6 Å². The molecule has 1 heterocycles. The second-order valence-corrected chi connectivity index (χ2v) is 4.64. The van der Waals surface area contributed by atoms with Crippen molar-refractivity contribution in [3.8, 4) is 0 Å². The van der Waals surface area contributed by atoms with E-state index in [1.807, 2.05) is 0 Å². The van der Waals surface area contributed by atoms with Crippen LogP contribution in [0.3, 0.4) is 0 Å². The van der Waals surface area contributed by atoms with Crippen molar-refractivity contribution in [2.75, 3.05) is 13.1 Å². The summed E-state index contributed by atoms with van der Waals surface area (Å²) in [7, 11) is 0. The van der Waals surface area contributed by atoms with Gasteiger partial charge in [0.15, 0.2) is 6.21 Å². The summed E-state index contributed by atoms with van der Waals surface area (Å²) in [5.41, 5.74) is 0. The highest BCUT2D eigenvalue weighted by atomic mass is 79.9. The van der Waals surface area contributed by atoms with Gasteiger partial charge in [0, 0.05) is 12.8 Å². The maximum atomic E-state index is 3.65. The quantitative estimate of drug-likeness (QED) is 0.468. The summed E-state index contributed by atoms with van der Waals surface area (Å²) in [6, 6.07) is 0. The molecule has 0 aliphatic carbocycles. The number of hydrogen-bond donors (Lipinski definition) is 0. The van der Waals surface area contributed by atoms with E-state index in [9.17, 15) is 0 Å². The molecule has 1 fully saturated rings. The van der Waals surface area contributed by atoms with Gasteiger partial charge in [0.05, 0.1) is 4.83 Å². The molecule has 3 heteroatoms. The van der Waals surface area contributed by atoms with Crippen molar-refractivity contribution < 1.29 is 21.6 Å². The van der Waals surface area contributed by atoms with E-state index in [1.165, 1.54) is 25.9 Å². The highest BCUT2D eigenvalue weighted by Crippen LogP contribution is 2.10. The van der Waals surface area contributed by atoms with Gasteiger partial charge in [-0.25, -0.2) is 4.58 Å². The van der Waals surface area contributed by atoms with Gasteiger partial charge in [-0.3, -0.25) is 0 Å². The number of rotatable bonds is 2. The molecule has 0 aromatic rings. The van der Waals surface area contributed by atoms with Crippen LogP contribution in [-0.4, -0.2) is 28.7 Å². The van der Waals surface area contributed by atoms with Crippen molar-refractivity contribution in [1.82, 2.24) is 0 Å². The average molecular weight is 299 g/mol. The number of nitrogens with zero attached hydrogens (tertiary/aromatic N) is 1. The highest BCUT2D eigenvalue weighted by molar-refractivity contribution is 9.09. The van der Waals surface area contributed by atoms with Gasteiger partial charge in [0.25, 0.3) is 0 Å². The van der Waals surface area contributed by atoms with Crippen molar-refractivity contribution in [2.24, 2.45) is 5.92 Å². The smallest absolute Gasteiger partial charge is 0.153 e. The van der Waals surface area contributed by atoms with E-state index in [0.29, 0.717) is 10.7 Å². The number of alkyl halides is 1. The fourth-order valence-electron chi connectivity index (χ4n) is 1.26. The summed E-state index contributed by atoms with van der Waals surface area (Å²) in [6.45, 7) is 7.00. The van der Waals surface area contributed by atoms with Crippen LogP contribution in [0.4, 0.5) is 0 Å². The first-order chi connectivity index (χ1) is 5.20. The molecule has 0 radical (unpaired) electrons. The molecule has 1 nitrogen and oxygen atoms in total. The van der Waals surface area contributed by atoms with Crippen LogP contribution in [0.25, 0.3) is 0 Å². The van der Waals surface area contributed by atoms with Gasteiger partial charge >= 0.3 is 0 Å². The predicted octanol–water partition coefficient (Wildman–Crippen LogP) is -0.713. The lowest BCUT2D eigenvalue weighted by atomic mass is 10.1. The molecule has 1 aliphatic heterocycles. The molecule has 0 aromatic heterocycles. The normalized spacial score (nSPS) is 19.2. The first-order valence-corrected chi connectivity index (χ1v) is 5.35. The van der Waals surface area contributed by atoms with Crippen LogP contribution in [0.15, 0.2) is 0 Å². The molecule has 0 saturated carbocycles. The molecule has 1 rings (SSSR count). The molecule has 0 amide bonds. The lowest BCUT2D eigenvalue weighted by molar-refractivity contribution is -0.502. The average Bonchev–Trinajstić information content (AvgIpc) is 2.39. The Balaban J connectivity index is 0.00000121. The summed E-state index contributed by atoms with van der Waals surface area (Å²) in [5, 5.41) is 0. The molecule has 0 bridgehead atoms. The Kier molecular flexibility index (Phi) is 6.46.